The predicted molar refractivity (Wildman–Crippen MR) is 93.6 cm³/mol. The molecule has 0 aliphatic heterocycles. The molecular weight excluding hydrogens is 324 g/mol. The molecule has 3 rings (SSSR count). The van der Waals surface area contributed by atoms with Gasteiger partial charge in [0.15, 0.2) is 0 Å². The minimum Gasteiger partial charge on any atom is -0.343 e. The van der Waals surface area contributed by atoms with E-state index in [4.69, 9.17) is 0 Å². The normalized spacial score (nSPS) is 17.4. The Morgan fingerprint density at radius 3 is 2.83 bits per heavy atom. The summed E-state index contributed by atoms with van der Waals surface area (Å²) in [6.45, 7) is 7.85. The van der Waals surface area contributed by atoms with Crippen molar-refractivity contribution in [2.45, 2.75) is 58.4 Å². The lowest BCUT2D eigenvalue weighted by molar-refractivity contribution is 0.0929. The van der Waals surface area contributed by atoms with Crippen LogP contribution in [0.1, 0.15) is 71.4 Å². The van der Waals surface area contributed by atoms with E-state index < -0.39 is 11.5 Å². The Labute approximate surface area is 144 Å². The van der Waals surface area contributed by atoms with Crippen LogP contribution in [0.5, 0.6) is 0 Å². The Balaban J connectivity index is 1.83. The molecule has 1 aliphatic rings. The number of carbonyl (C=O) groups is 1. The van der Waals surface area contributed by atoms with E-state index in [-0.39, 0.29) is 17.0 Å². The smallest absolute Gasteiger partial charge is 0.263 e. The van der Waals surface area contributed by atoms with Gasteiger partial charge >= 0.3 is 0 Å². The number of hydrogen-bond donors (Lipinski definition) is 2. The van der Waals surface area contributed by atoms with E-state index in [1.807, 2.05) is 27.7 Å². The van der Waals surface area contributed by atoms with Crippen LogP contribution in [-0.2, 0) is 11.8 Å². The number of aromatic amines is 1. The fourth-order valence-corrected chi connectivity index (χ4v) is 3.89. The maximum atomic E-state index is 12.5. The molecule has 0 saturated carbocycles. The van der Waals surface area contributed by atoms with E-state index in [9.17, 15) is 9.59 Å². The molecule has 128 valence electrons. The van der Waals surface area contributed by atoms with Gasteiger partial charge in [0.1, 0.15) is 11.4 Å². The first-order valence-corrected chi connectivity index (χ1v) is 8.94. The molecule has 0 spiro atoms. The van der Waals surface area contributed by atoms with Gasteiger partial charge in [-0.15, -0.1) is 11.3 Å². The van der Waals surface area contributed by atoms with Crippen molar-refractivity contribution in [3.8, 4) is 0 Å². The topological polar surface area (TPSA) is 87.7 Å². The molecule has 0 bridgehead atoms. The van der Waals surface area contributed by atoms with Gasteiger partial charge < -0.3 is 10.3 Å². The number of thiazole rings is 1. The Morgan fingerprint density at radius 2 is 2.17 bits per heavy atom. The molecule has 2 aromatic rings. The number of carbonyl (C=O) groups excluding carboxylic acids is 1. The number of amides is 1. The lowest BCUT2D eigenvalue weighted by atomic mass is 9.95. The van der Waals surface area contributed by atoms with Crippen LogP contribution in [0.15, 0.2) is 11.0 Å². The van der Waals surface area contributed by atoms with Gasteiger partial charge in [-0.3, -0.25) is 9.59 Å². The summed E-state index contributed by atoms with van der Waals surface area (Å²) in [6.07, 6.45) is 4.23. The summed E-state index contributed by atoms with van der Waals surface area (Å²) in [5.74, 6) is 0.173. The maximum Gasteiger partial charge on any atom is 0.263 e. The number of rotatable bonds is 2. The highest BCUT2D eigenvalue weighted by molar-refractivity contribution is 7.11. The summed E-state index contributed by atoms with van der Waals surface area (Å²) in [4.78, 5) is 37.5. The van der Waals surface area contributed by atoms with Crippen molar-refractivity contribution in [2.24, 2.45) is 0 Å². The van der Waals surface area contributed by atoms with Crippen molar-refractivity contribution >= 4 is 17.2 Å². The SMILES string of the molecule is Cc1nc2c(s1)CCC[C@H]2NC(=O)c1cnc(C(C)(C)C)[nH]c1=O. The minimum atomic E-state index is -0.405. The number of aryl methyl sites for hydroxylation is 2. The monoisotopic (exact) mass is 346 g/mol. The molecule has 0 aromatic carbocycles. The van der Waals surface area contributed by atoms with Gasteiger partial charge in [0.25, 0.3) is 11.5 Å². The van der Waals surface area contributed by atoms with Crippen molar-refractivity contribution in [3.05, 3.63) is 43.5 Å². The lowest BCUT2D eigenvalue weighted by Crippen LogP contribution is -2.35. The van der Waals surface area contributed by atoms with Gasteiger partial charge in [0.2, 0.25) is 0 Å². The second kappa shape index (κ2) is 6.12. The van der Waals surface area contributed by atoms with E-state index in [1.165, 1.54) is 11.1 Å². The second-order valence-corrected chi connectivity index (χ2v) is 8.47. The molecular formula is C17H22N4O2S. The Morgan fingerprint density at radius 1 is 1.42 bits per heavy atom. The van der Waals surface area contributed by atoms with Crippen molar-refractivity contribution < 1.29 is 4.79 Å². The highest BCUT2D eigenvalue weighted by Crippen LogP contribution is 2.33. The Hall–Kier alpha value is -2.02. The van der Waals surface area contributed by atoms with Crippen molar-refractivity contribution in [1.82, 2.24) is 20.3 Å². The van der Waals surface area contributed by atoms with Crippen LogP contribution < -0.4 is 10.9 Å². The standard InChI is InChI=1S/C17H22N4O2S/c1-9-19-13-11(6-5-7-12(13)24-9)20-14(22)10-8-18-16(17(2,3)4)21-15(10)23/h8,11H,5-7H2,1-4H3,(H,20,22)(H,18,21,23)/t11-/m1/s1. The molecule has 6 nitrogen and oxygen atoms in total. The van der Waals surface area contributed by atoms with E-state index in [1.54, 1.807) is 11.3 Å². The summed E-state index contributed by atoms with van der Waals surface area (Å²) in [5, 5.41) is 3.96. The van der Waals surface area contributed by atoms with Crippen LogP contribution in [-0.4, -0.2) is 20.9 Å². The predicted octanol–water partition coefficient (Wildman–Crippen LogP) is 2.64. The van der Waals surface area contributed by atoms with Gasteiger partial charge in [-0.2, -0.15) is 0 Å². The van der Waals surface area contributed by atoms with Crippen LogP contribution in [0.3, 0.4) is 0 Å². The molecule has 1 aliphatic carbocycles. The largest absolute Gasteiger partial charge is 0.343 e. The highest BCUT2D eigenvalue weighted by Gasteiger charge is 2.27. The summed E-state index contributed by atoms with van der Waals surface area (Å²) in [6, 6.07) is -0.132. The number of nitrogens with zero attached hydrogens (tertiary/aromatic N) is 2. The third-order valence-electron chi connectivity index (χ3n) is 4.12. The van der Waals surface area contributed by atoms with Gasteiger partial charge in [-0.25, -0.2) is 9.97 Å². The van der Waals surface area contributed by atoms with E-state index in [2.05, 4.69) is 20.3 Å². The number of fused-ring (bicyclic) bond motifs is 1. The molecule has 0 saturated heterocycles. The van der Waals surface area contributed by atoms with E-state index in [0.717, 1.165) is 30.0 Å². The third kappa shape index (κ3) is 3.26. The van der Waals surface area contributed by atoms with Crippen molar-refractivity contribution in [2.75, 3.05) is 0 Å². The fraction of sp³-hybridized carbons (Fsp3) is 0.529. The zero-order valence-electron chi connectivity index (χ0n) is 14.4. The van der Waals surface area contributed by atoms with Crippen LogP contribution in [0, 0.1) is 6.92 Å². The third-order valence-corrected chi connectivity index (χ3v) is 5.17. The molecule has 1 amide bonds. The molecule has 2 N–H and O–H groups in total. The van der Waals surface area contributed by atoms with Crippen LogP contribution in [0.25, 0.3) is 0 Å². The van der Waals surface area contributed by atoms with Gasteiger partial charge in [0.05, 0.1) is 16.7 Å². The highest BCUT2D eigenvalue weighted by atomic mass is 32.1. The summed E-state index contributed by atoms with van der Waals surface area (Å²) in [7, 11) is 0. The zero-order chi connectivity index (χ0) is 17.5. The molecule has 7 heteroatoms. The van der Waals surface area contributed by atoms with Crippen molar-refractivity contribution in [3.63, 3.8) is 0 Å². The molecule has 2 aromatic heterocycles. The molecule has 0 fully saturated rings. The van der Waals surface area contributed by atoms with Crippen molar-refractivity contribution in [1.29, 1.82) is 0 Å². The molecule has 24 heavy (non-hydrogen) atoms. The lowest BCUT2D eigenvalue weighted by Gasteiger charge is -2.22. The summed E-state index contributed by atoms with van der Waals surface area (Å²) >= 11 is 1.68. The molecule has 2 heterocycles. The average molecular weight is 346 g/mol. The average Bonchev–Trinajstić information content (AvgIpc) is 2.87. The Bertz CT molecular complexity index is 832. The first-order valence-electron chi connectivity index (χ1n) is 8.12. The number of hydrogen-bond acceptors (Lipinski definition) is 5. The number of aromatic nitrogens is 3. The zero-order valence-corrected chi connectivity index (χ0v) is 15.2. The number of nitrogens with one attached hydrogen (secondary N) is 2. The summed E-state index contributed by atoms with van der Waals surface area (Å²) in [5.41, 5.74) is 0.317. The molecule has 0 radical (unpaired) electrons. The first-order chi connectivity index (χ1) is 11.3. The molecule has 0 unspecified atom stereocenters. The van der Waals surface area contributed by atoms with E-state index >= 15 is 0 Å². The summed E-state index contributed by atoms with van der Waals surface area (Å²) < 4.78 is 0. The van der Waals surface area contributed by atoms with E-state index in [0.29, 0.717) is 5.82 Å². The quantitative estimate of drug-likeness (QED) is 0.875. The minimum absolute atomic E-state index is 0.0436. The Kier molecular flexibility index (Phi) is 4.29. The maximum absolute atomic E-state index is 12.5. The van der Waals surface area contributed by atoms with Gasteiger partial charge in [0, 0.05) is 16.5 Å². The van der Waals surface area contributed by atoms with Gasteiger partial charge in [-0.1, -0.05) is 20.8 Å². The van der Waals surface area contributed by atoms with Crippen LogP contribution in [0.4, 0.5) is 0 Å². The first kappa shape index (κ1) is 16.8. The van der Waals surface area contributed by atoms with Crippen LogP contribution in [0.2, 0.25) is 0 Å². The molecule has 1 atom stereocenters. The van der Waals surface area contributed by atoms with Crippen LogP contribution >= 0.6 is 11.3 Å². The fourth-order valence-electron chi connectivity index (χ4n) is 2.85. The number of H-pyrrole nitrogens is 1. The van der Waals surface area contributed by atoms with Gasteiger partial charge in [-0.05, 0) is 26.2 Å². The second-order valence-electron chi connectivity index (χ2n) is 7.18.